The van der Waals surface area contributed by atoms with Crippen molar-refractivity contribution in [3.8, 4) is 0 Å². The van der Waals surface area contributed by atoms with Crippen LogP contribution in [0.25, 0.3) is 0 Å². The average Bonchev–Trinajstić information content (AvgIpc) is 2.10. The molecule has 0 aromatic rings. The summed E-state index contributed by atoms with van der Waals surface area (Å²) in [6.07, 6.45) is 3.19. The number of hydrogen-bond acceptors (Lipinski definition) is 2. The number of amidine groups is 1. The predicted molar refractivity (Wildman–Crippen MR) is 52.3 cm³/mol. The molecule has 0 aliphatic carbocycles. The van der Waals surface area contributed by atoms with Crippen LogP contribution in [0.5, 0.6) is 0 Å². The molecule has 0 radical (unpaired) electrons. The zero-order chi connectivity index (χ0) is 9.40. The molecule has 0 unspecified atom stereocenters. The number of nitrogens with zero attached hydrogens (tertiary/aromatic N) is 2. The molecule has 0 saturated carbocycles. The highest BCUT2D eigenvalue weighted by Gasteiger charge is 1.99. The van der Waals surface area contributed by atoms with E-state index in [1.54, 1.807) is 13.2 Å². The molecular weight excluding hydrogens is 152 g/mol. The van der Waals surface area contributed by atoms with Crippen molar-refractivity contribution in [1.82, 2.24) is 4.90 Å². The third kappa shape index (κ3) is 3.93. The molecule has 0 aromatic carbocycles. The smallest absolute Gasteiger partial charge is 0.127 e. The van der Waals surface area contributed by atoms with E-state index < -0.39 is 0 Å². The molecule has 0 aromatic heterocycles. The fourth-order valence-electron chi connectivity index (χ4n) is 0.743. The number of rotatable bonds is 5. The van der Waals surface area contributed by atoms with Crippen molar-refractivity contribution >= 4 is 5.84 Å². The molecule has 0 atom stereocenters. The Kier molecular flexibility index (Phi) is 6.01. The van der Waals surface area contributed by atoms with Crippen LogP contribution in [0, 0.1) is 0 Å². The van der Waals surface area contributed by atoms with Crippen molar-refractivity contribution in [3.63, 3.8) is 0 Å². The lowest BCUT2D eigenvalue weighted by Gasteiger charge is -2.17. The average molecular weight is 168 g/mol. The summed E-state index contributed by atoms with van der Waals surface area (Å²) in [4.78, 5) is 5.98. The second-order valence-electron chi connectivity index (χ2n) is 2.29. The standard InChI is InChI=1S/C9H16N2O/c1-5-9(10-6-2)11(3)7-8-12-4/h5-6H,1-2,7-8H2,3-4H3. The van der Waals surface area contributed by atoms with Gasteiger partial charge in [0.1, 0.15) is 5.84 Å². The molecule has 0 heterocycles. The van der Waals surface area contributed by atoms with Crippen molar-refractivity contribution in [1.29, 1.82) is 0 Å². The molecule has 0 fully saturated rings. The van der Waals surface area contributed by atoms with Gasteiger partial charge in [0.2, 0.25) is 0 Å². The Morgan fingerprint density at radius 2 is 2.25 bits per heavy atom. The first kappa shape index (κ1) is 10.9. The van der Waals surface area contributed by atoms with Gasteiger partial charge >= 0.3 is 0 Å². The van der Waals surface area contributed by atoms with E-state index in [0.717, 1.165) is 12.4 Å². The summed E-state index contributed by atoms with van der Waals surface area (Å²) in [5.41, 5.74) is 0. The van der Waals surface area contributed by atoms with Gasteiger partial charge in [-0.05, 0) is 6.08 Å². The van der Waals surface area contributed by atoms with E-state index in [0.29, 0.717) is 6.61 Å². The summed E-state index contributed by atoms with van der Waals surface area (Å²) >= 11 is 0. The first-order chi connectivity index (χ1) is 5.76. The Morgan fingerprint density at radius 3 is 2.67 bits per heavy atom. The molecule has 0 saturated heterocycles. The van der Waals surface area contributed by atoms with Crippen molar-refractivity contribution in [2.24, 2.45) is 4.99 Å². The summed E-state index contributed by atoms with van der Waals surface area (Å²) in [6, 6.07) is 0. The fraction of sp³-hybridized carbons (Fsp3) is 0.444. The second kappa shape index (κ2) is 6.61. The highest BCUT2D eigenvalue weighted by atomic mass is 16.5. The SMILES string of the molecule is C=CN=C(C=C)N(C)CCOC. The van der Waals surface area contributed by atoms with Crippen LogP contribution in [0.3, 0.4) is 0 Å². The second-order valence-corrected chi connectivity index (χ2v) is 2.29. The largest absolute Gasteiger partial charge is 0.383 e. The van der Waals surface area contributed by atoms with Crippen LogP contribution in [0.2, 0.25) is 0 Å². The van der Waals surface area contributed by atoms with E-state index in [1.807, 2.05) is 11.9 Å². The minimum atomic E-state index is 0.681. The lowest BCUT2D eigenvalue weighted by molar-refractivity contribution is 0.183. The maximum Gasteiger partial charge on any atom is 0.127 e. The van der Waals surface area contributed by atoms with Crippen LogP contribution in [-0.4, -0.2) is 38.0 Å². The highest BCUT2D eigenvalue weighted by Crippen LogP contribution is 1.90. The summed E-state index contributed by atoms with van der Waals surface area (Å²) < 4.78 is 4.93. The van der Waals surface area contributed by atoms with Gasteiger partial charge in [-0.15, -0.1) is 0 Å². The Morgan fingerprint density at radius 1 is 1.58 bits per heavy atom. The lowest BCUT2D eigenvalue weighted by atomic mass is 10.4. The normalized spacial score (nSPS) is 11.0. The van der Waals surface area contributed by atoms with Crippen molar-refractivity contribution in [2.45, 2.75) is 0 Å². The molecule has 0 aliphatic rings. The van der Waals surface area contributed by atoms with Gasteiger partial charge in [-0.2, -0.15) is 0 Å². The molecule has 68 valence electrons. The summed E-state index contributed by atoms with van der Waals surface area (Å²) in [5.74, 6) is 0.807. The molecule has 0 aliphatic heterocycles. The molecule has 0 amide bonds. The predicted octanol–water partition coefficient (Wildman–Crippen LogP) is 1.29. The van der Waals surface area contributed by atoms with E-state index in [4.69, 9.17) is 4.74 Å². The molecule has 12 heavy (non-hydrogen) atoms. The van der Waals surface area contributed by atoms with Gasteiger partial charge in [-0.1, -0.05) is 13.2 Å². The summed E-state index contributed by atoms with van der Waals surface area (Å²) in [7, 11) is 3.61. The van der Waals surface area contributed by atoms with Crippen molar-refractivity contribution in [2.75, 3.05) is 27.3 Å². The quantitative estimate of drug-likeness (QED) is 0.456. The minimum absolute atomic E-state index is 0.681. The van der Waals surface area contributed by atoms with E-state index in [-0.39, 0.29) is 0 Å². The van der Waals surface area contributed by atoms with Gasteiger partial charge in [-0.25, -0.2) is 4.99 Å². The van der Waals surface area contributed by atoms with Gasteiger partial charge in [0.05, 0.1) is 6.61 Å². The molecule has 3 heteroatoms. The van der Waals surface area contributed by atoms with Crippen LogP contribution < -0.4 is 0 Å². The maximum atomic E-state index is 4.93. The number of hydrogen-bond donors (Lipinski definition) is 0. The summed E-state index contributed by atoms with van der Waals surface area (Å²) in [5, 5.41) is 0. The maximum absolute atomic E-state index is 4.93. The van der Waals surface area contributed by atoms with Crippen molar-refractivity contribution < 1.29 is 4.74 Å². The first-order valence-electron chi connectivity index (χ1n) is 3.77. The molecule has 0 N–H and O–H groups in total. The molecule has 0 bridgehead atoms. The van der Waals surface area contributed by atoms with Gasteiger partial charge in [0.15, 0.2) is 0 Å². The Balaban J connectivity index is 4.02. The third-order valence-corrected chi connectivity index (χ3v) is 1.43. The Bertz CT molecular complexity index is 175. The lowest BCUT2D eigenvalue weighted by Crippen LogP contribution is -2.28. The van der Waals surface area contributed by atoms with Gasteiger partial charge in [-0.3, -0.25) is 0 Å². The van der Waals surface area contributed by atoms with E-state index in [1.165, 1.54) is 6.20 Å². The summed E-state index contributed by atoms with van der Waals surface area (Å²) in [6.45, 7) is 8.65. The van der Waals surface area contributed by atoms with Gasteiger partial charge < -0.3 is 9.64 Å². The Labute approximate surface area is 74.0 Å². The molecular formula is C9H16N2O. The van der Waals surface area contributed by atoms with Gasteiger partial charge in [0, 0.05) is 26.9 Å². The zero-order valence-electron chi connectivity index (χ0n) is 7.79. The molecule has 0 spiro atoms. The van der Waals surface area contributed by atoms with Crippen LogP contribution >= 0.6 is 0 Å². The number of likely N-dealkylation sites (N-methyl/N-ethyl adjacent to an activating group) is 1. The highest BCUT2D eigenvalue weighted by molar-refractivity contribution is 5.92. The van der Waals surface area contributed by atoms with E-state index in [2.05, 4.69) is 18.2 Å². The molecule has 0 rings (SSSR count). The monoisotopic (exact) mass is 168 g/mol. The Hall–Kier alpha value is -1.09. The number of methoxy groups -OCH3 is 1. The van der Waals surface area contributed by atoms with Crippen LogP contribution in [0.15, 0.2) is 30.4 Å². The van der Waals surface area contributed by atoms with E-state index >= 15 is 0 Å². The fourth-order valence-corrected chi connectivity index (χ4v) is 0.743. The van der Waals surface area contributed by atoms with Crippen LogP contribution in [0.1, 0.15) is 0 Å². The molecule has 3 nitrogen and oxygen atoms in total. The first-order valence-corrected chi connectivity index (χ1v) is 3.77. The van der Waals surface area contributed by atoms with Crippen LogP contribution in [0.4, 0.5) is 0 Å². The van der Waals surface area contributed by atoms with Crippen molar-refractivity contribution in [3.05, 3.63) is 25.4 Å². The number of ether oxygens (including phenoxy) is 1. The van der Waals surface area contributed by atoms with E-state index in [9.17, 15) is 0 Å². The third-order valence-electron chi connectivity index (χ3n) is 1.43. The zero-order valence-corrected chi connectivity index (χ0v) is 7.79. The topological polar surface area (TPSA) is 24.8 Å². The van der Waals surface area contributed by atoms with Gasteiger partial charge in [0.25, 0.3) is 0 Å². The van der Waals surface area contributed by atoms with Crippen LogP contribution in [-0.2, 0) is 4.74 Å². The minimum Gasteiger partial charge on any atom is -0.383 e. The number of aliphatic imine (C=N–C) groups is 1.